The Hall–Kier alpha value is -2.52. The van der Waals surface area contributed by atoms with E-state index in [1.165, 1.54) is 11.3 Å². The lowest BCUT2D eigenvalue weighted by atomic mass is 10.3. The minimum atomic E-state index is -0.815. The van der Waals surface area contributed by atoms with Crippen LogP contribution in [0.3, 0.4) is 0 Å². The third-order valence-corrected chi connectivity index (χ3v) is 3.75. The van der Waals surface area contributed by atoms with Crippen LogP contribution in [-0.4, -0.2) is 17.7 Å². The lowest BCUT2D eigenvalue weighted by Crippen LogP contribution is -1.98. The van der Waals surface area contributed by atoms with E-state index in [-0.39, 0.29) is 13.0 Å². The minimum Gasteiger partial charge on any atom is -0.481 e. The van der Waals surface area contributed by atoms with E-state index < -0.39 is 5.97 Å². The Morgan fingerprint density at radius 2 is 1.95 bits per heavy atom. The van der Waals surface area contributed by atoms with Gasteiger partial charge >= 0.3 is 5.97 Å². The van der Waals surface area contributed by atoms with Gasteiger partial charge in [0.05, 0.1) is 6.42 Å². The summed E-state index contributed by atoms with van der Waals surface area (Å²) in [5, 5.41) is 20.4. The summed E-state index contributed by atoms with van der Waals surface area (Å²) < 4.78 is 5.17. The molecule has 21 heavy (non-hydrogen) atoms. The van der Waals surface area contributed by atoms with Gasteiger partial charge in [0.1, 0.15) is 11.8 Å². The standard InChI is InChI=1S/C15H14N2O3S/c16-7-8-20-12-3-1-11(2-4-12)17-10-14-6-5-13(21-14)9-15(18)19/h1-6,17H,8-10H2,(H,18,19). The normalized spacial score (nSPS) is 9.86. The molecule has 0 spiro atoms. The highest BCUT2D eigenvalue weighted by Crippen LogP contribution is 2.20. The predicted octanol–water partition coefficient (Wildman–Crippen LogP) is 2.89. The van der Waals surface area contributed by atoms with E-state index in [1.54, 1.807) is 12.1 Å². The lowest BCUT2D eigenvalue weighted by molar-refractivity contribution is -0.136. The van der Waals surface area contributed by atoms with E-state index in [1.807, 2.05) is 30.3 Å². The lowest BCUT2D eigenvalue weighted by Gasteiger charge is -2.06. The first-order chi connectivity index (χ1) is 10.2. The van der Waals surface area contributed by atoms with Crippen LogP contribution in [0.15, 0.2) is 36.4 Å². The van der Waals surface area contributed by atoms with Crippen LogP contribution in [0.1, 0.15) is 9.75 Å². The third kappa shape index (κ3) is 4.82. The van der Waals surface area contributed by atoms with Gasteiger partial charge in [-0.15, -0.1) is 11.3 Å². The predicted molar refractivity (Wildman–Crippen MR) is 80.5 cm³/mol. The molecule has 108 valence electrons. The molecule has 0 aliphatic heterocycles. The second-order valence-corrected chi connectivity index (χ2v) is 5.52. The number of benzene rings is 1. The molecule has 2 N–H and O–H groups in total. The van der Waals surface area contributed by atoms with Crippen LogP contribution < -0.4 is 10.1 Å². The van der Waals surface area contributed by atoms with Gasteiger partial charge in [0.25, 0.3) is 0 Å². The molecule has 0 aliphatic rings. The van der Waals surface area contributed by atoms with Crippen molar-refractivity contribution in [3.05, 3.63) is 46.2 Å². The SMILES string of the molecule is N#CCOc1ccc(NCc2ccc(CC(=O)O)s2)cc1. The summed E-state index contributed by atoms with van der Waals surface area (Å²) >= 11 is 1.49. The smallest absolute Gasteiger partial charge is 0.308 e. The summed E-state index contributed by atoms with van der Waals surface area (Å²) in [4.78, 5) is 12.5. The van der Waals surface area contributed by atoms with E-state index in [0.717, 1.165) is 15.4 Å². The van der Waals surface area contributed by atoms with Crippen LogP contribution in [0.25, 0.3) is 0 Å². The van der Waals surface area contributed by atoms with Crippen molar-refractivity contribution in [3.8, 4) is 11.8 Å². The van der Waals surface area contributed by atoms with Crippen molar-refractivity contribution in [2.24, 2.45) is 0 Å². The maximum Gasteiger partial charge on any atom is 0.308 e. The summed E-state index contributed by atoms with van der Waals surface area (Å²) in [6, 6.07) is 13.0. The summed E-state index contributed by atoms with van der Waals surface area (Å²) in [7, 11) is 0. The number of anilines is 1. The molecule has 6 heteroatoms. The molecule has 0 saturated carbocycles. The molecule has 0 amide bonds. The van der Waals surface area contributed by atoms with Crippen molar-refractivity contribution in [1.29, 1.82) is 5.26 Å². The van der Waals surface area contributed by atoms with Crippen molar-refractivity contribution in [1.82, 2.24) is 0 Å². The maximum absolute atomic E-state index is 10.6. The minimum absolute atomic E-state index is 0.0360. The Balaban J connectivity index is 1.86. The molecular formula is C15H14N2O3S. The fraction of sp³-hybridized carbons (Fsp3) is 0.200. The highest BCUT2D eigenvalue weighted by atomic mass is 32.1. The number of carboxylic acids is 1. The maximum atomic E-state index is 10.6. The zero-order chi connectivity index (χ0) is 15.1. The number of hydrogen-bond donors (Lipinski definition) is 2. The molecule has 0 radical (unpaired) electrons. The molecule has 5 nitrogen and oxygen atoms in total. The van der Waals surface area contributed by atoms with Gasteiger partial charge < -0.3 is 15.2 Å². The van der Waals surface area contributed by atoms with Gasteiger partial charge in [0.2, 0.25) is 0 Å². The Bertz CT molecular complexity index is 644. The van der Waals surface area contributed by atoms with Gasteiger partial charge in [-0.05, 0) is 36.4 Å². The van der Waals surface area contributed by atoms with Gasteiger partial charge in [-0.25, -0.2) is 0 Å². The fourth-order valence-corrected chi connectivity index (χ4v) is 2.68. The van der Waals surface area contributed by atoms with E-state index in [2.05, 4.69) is 5.32 Å². The summed E-state index contributed by atoms with van der Waals surface area (Å²) in [5.74, 6) is -0.161. The Labute approximate surface area is 126 Å². The molecule has 0 fully saturated rings. The van der Waals surface area contributed by atoms with Gasteiger partial charge in [-0.1, -0.05) is 0 Å². The van der Waals surface area contributed by atoms with Crippen molar-refractivity contribution in [3.63, 3.8) is 0 Å². The molecule has 0 bridgehead atoms. The largest absolute Gasteiger partial charge is 0.481 e. The van der Waals surface area contributed by atoms with Crippen LogP contribution in [0.5, 0.6) is 5.75 Å². The van der Waals surface area contributed by atoms with Crippen molar-refractivity contribution in [2.75, 3.05) is 11.9 Å². The molecule has 0 saturated heterocycles. The van der Waals surface area contributed by atoms with Crippen LogP contribution in [-0.2, 0) is 17.8 Å². The molecule has 0 aliphatic carbocycles. The van der Waals surface area contributed by atoms with Crippen LogP contribution in [0.4, 0.5) is 5.69 Å². The van der Waals surface area contributed by atoms with E-state index in [4.69, 9.17) is 15.1 Å². The van der Waals surface area contributed by atoms with Crippen molar-refractivity contribution >= 4 is 23.0 Å². The second kappa shape index (κ2) is 7.31. The zero-order valence-corrected chi connectivity index (χ0v) is 12.0. The van der Waals surface area contributed by atoms with Gasteiger partial charge in [0.15, 0.2) is 6.61 Å². The summed E-state index contributed by atoms with van der Waals surface area (Å²) in [5.41, 5.74) is 0.937. The number of nitriles is 1. The first kappa shape index (κ1) is 14.9. The summed E-state index contributed by atoms with van der Waals surface area (Å²) in [6.45, 7) is 0.678. The number of nitrogens with one attached hydrogen (secondary N) is 1. The monoisotopic (exact) mass is 302 g/mol. The number of ether oxygens (including phenoxy) is 1. The van der Waals surface area contributed by atoms with E-state index in [9.17, 15) is 4.79 Å². The van der Waals surface area contributed by atoms with Gasteiger partial charge in [-0.2, -0.15) is 5.26 Å². The van der Waals surface area contributed by atoms with Gasteiger partial charge in [-0.3, -0.25) is 4.79 Å². The van der Waals surface area contributed by atoms with Crippen LogP contribution in [0.2, 0.25) is 0 Å². The molecule has 0 atom stereocenters. The average molecular weight is 302 g/mol. The van der Waals surface area contributed by atoms with Crippen molar-refractivity contribution < 1.29 is 14.6 Å². The molecule has 1 aromatic carbocycles. The van der Waals surface area contributed by atoms with E-state index in [0.29, 0.717) is 12.3 Å². The quantitative estimate of drug-likeness (QED) is 0.821. The van der Waals surface area contributed by atoms with Gasteiger partial charge in [0, 0.05) is 22.0 Å². The summed E-state index contributed by atoms with van der Waals surface area (Å²) in [6.07, 6.45) is 0.0651. The zero-order valence-electron chi connectivity index (χ0n) is 11.2. The van der Waals surface area contributed by atoms with E-state index >= 15 is 0 Å². The number of aliphatic carboxylic acids is 1. The number of hydrogen-bond acceptors (Lipinski definition) is 5. The van der Waals surface area contributed by atoms with Crippen molar-refractivity contribution in [2.45, 2.75) is 13.0 Å². The average Bonchev–Trinajstić information content (AvgIpc) is 2.91. The topological polar surface area (TPSA) is 82.3 Å². The first-order valence-corrected chi connectivity index (χ1v) is 7.12. The Morgan fingerprint density at radius 3 is 2.62 bits per heavy atom. The fourth-order valence-electron chi connectivity index (χ4n) is 1.74. The molecule has 0 unspecified atom stereocenters. The third-order valence-electron chi connectivity index (χ3n) is 2.67. The second-order valence-electron chi connectivity index (χ2n) is 4.26. The number of thiophene rings is 1. The van der Waals surface area contributed by atoms with Crippen LogP contribution >= 0.6 is 11.3 Å². The molecule has 2 rings (SSSR count). The first-order valence-electron chi connectivity index (χ1n) is 6.30. The number of carbonyl (C=O) groups is 1. The molecule has 1 aromatic heterocycles. The molecule has 1 heterocycles. The molecule has 2 aromatic rings. The number of nitrogens with zero attached hydrogens (tertiary/aromatic N) is 1. The van der Waals surface area contributed by atoms with Crippen LogP contribution in [0, 0.1) is 11.3 Å². The Morgan fingerprint density at radius 1 is 1.24 bits per heavy atom. The molecular weight excluding hydrogens is 288 g/mol. The highest BCUT2D eigenvalue weighted by molar-refractivity contribution is 7.12. The highest BCUT2D eigenvalue weighted by Gasteiger charge is 2.04. The Kier molecular flexibility index (Phi) is 5.18. The number of carboxylic acid groups (broad SMARTS) is 1. The number of rotatable bonds is 7.